The quantitative estimate of drug-likeness (QED) is 0.216. The van der Waals surface area contributed by atoms with Crippen LogP contribution in [0.5, 0.6) is 0 Å². The molecule has 0 nitrogen and oxygen atoms in total. The molecule has 0 saturated heterocycles. The maximum absolute atomic E-state index is 4.12. The number of rotatable bonds is 16. The van der Waals surface area contributed by atoms with Crippen molar-refractivity contribution in [2.24, 2.45) is 17.3 Å². The second kappa shape index (κ2) is 16.1. The second-order valence-electron chi connectivity index (χ2n) is 10.4. The summed E-state index contributed by atoms with van der Waals surface area (Å²) in [7, 11) is 0. The molecular formula is C31H52. The first kappa shape index (κ1) is 29.4. The summed E-state index contributed by atoms with van der Waals surface area (Å²) in [5.41, 5.74) is 5.81. The second-order valence-corrected chi connectivity index (χ2v) is 10.4. The van der Waals surface area contributed by atoms with E-state index in [1.54, 1.807) is 0 Å². The molecule has 0 amide bonds. The van der Waals surface area contributed by atoms with E-state index in [4.69, 9.17) is 0 Å². The molecule has 0 heterocycles. The fourth-order valence-electron chi connectivity index (χ4n) is 3.44. The predicted octanol–water partition coefficient (Wildman–Crippen LogP) is 10.6. The van der Waals surface area contributed by atoms with Crippen LogP contribution in [0.25, 0.3) is 0 Å². The van der Waals surface area contributed by atoms with E-state index in [1.807, 2.05) is 0 Å². The first-order valence-electron chi connectivity index (χ1n) is 12.4. The highest BCUT2D eigenvalue weighted by Crippen LogP contribution is 2.29. The Bertz CT molecular complexity index is 648. The molecule has 0 aliphatic carbocycles. The van der Waals surface area contributed by atoms with Gasteiger partial charge in [0.15, 0.2) is 0 Å². The van der Waals surface area contributed by atoms with Gasteiger partial charge in [0.05, 0.1) is 0 Å². The maximum atomic E-state index is 4.12. The standard InChI is InChI=1S/C31H52/c1-11-31(10,23-14-19-28(7)20-21-30(9)26(4)5)24-22-29(8)18-13-17-27(6)16-12-15-25(2)3/h11,15,17,19,22,24,29-30H,1,4,12-14,16,18,20-21,23H2,2-3,5-10H3/b24-22+,27-17+,28-19+/t29-,30?,31-/m1/s1. The van der Waals surface area contributed by atoms with Crippen LogP contribution in [0.3, 0.4) is 0 Å². The molecule has 0 fully saturated rings. The lowest BCUT2D eigenvalue weighted by Gasteiger charge is -2.22. The van der Waals surface area contributed by atoms with Gasteiger partial charge in [-0.05, 0) is 97.8 Å². The van der Waals surface area contributed by atoms with Crippen molar-refractivity contribution >= 4 is 0 Å². The number of hydrogen-bond donors (Lipinski definition) is 0. The minimum atomic E-state index is 0.0755. The van der Waals surface area contributed by atoms with Crippen LogP contribution in [0.1, 0.15) is 107 Å². The van der Waals surface area contributed by atoms with Crippen LogP contribution in [0.4, 0.5) is 0 Å². The Hall–Kier alpha value is -1.56. The lowest BCUT2D eigenvalue weighted by Crippen LogP contribution is -2.09. The van der Waals surface area contributed by atoms with Gasteiger partial charge in [-0.2, -0.15) is 0 Å². The summed E-state index contributed by atoms with van der Waals surface area (Å²) in [6, 6.07) is 0. The smallest absolute Gasteiger partial charge is 0.00330 e. The van der Waals surface area contributed by atoms with Gasteiger partial charge in [-0.3, -0.25) is 0 Å². The maximum Gasteiger partial charge on any atom is 0.00330 e. The van der Waals surface area contributed by atoms with Gasteiger partial charge in [0, 0.05) is 5.41 Å². The van der Waals surface area contributed by atoms with Crippen molar-refractivity contribution in [3.8, 4) is 0 Å². The molecule has 3 atom stereocenters. The molecule has 0 N–H and O–H groups in total. The molecule has 1 unspecified atom stereocenters. The largest absolute Gasteiger partial charge is 0.102 e. The highest BCUT2D eigenvalue weighted by atomic mass is 14.2. The van der Waals surface area contributed by atoms with Gasteiger partial charge in [-0.1, -0.05) is 86.1 Å². The van der Waals surface area contributed by atoms with Gasteiger partial charge in [-0.15, -0.1) is 6.58 Å². The highest BCUT2D eigenvalue weighted by Gasteiger charge is 2.15. The Morgan fingerprint density at radius 1 is 0.839 bits per heavy atom. The molecule has 0 aromatic heterocycles. The average Bonchev–Trinajstić information content (AvgIpc) is 2.70. The van der Waals surface area contributed by atoms with Crippen molar-refractivity contribution < 1.29 is 0 Å². The number of hydrogen-bond acceptors (Lipinski definition) is 0. The lowest BCUT2D eigenvalue weighted by atomic mass is 9.83. The van der Waals surface area contributed by atoms with E-state index in [9.17, 15) is 0 Å². The summed E-state index contributed by atoms with van der Waals surface area (Å²) >= 11 is 0. The first-order valence-corrected chi connectivity index (χ1v) is 12.4. The third-order valence-electron chi connectivity index (χ3n) is 6.47. The van der Waals surface area contributed by atoms with Crippen LogP contribution in [0, 0.1) is 17.3 Å². The zero-order valence-corrected chi connectivity index (χ0v) is 22.2. The monoisotopic (exact) mass is 424 g/mol. The molecule has 0 aliphatic heterocycles. The Balaban J connectivity index is 4.47. The van der Waals surface area contributed by atoms with Crippen molar-refractivity contribution in [3.05, 3.63) is 71.9 Å². The van der Waals surface area contributed by atoms with Gasteiger partial charge in [0.1, 0.15) is 0 Å². The van der Waals surface area contributed by atoms with E-state index < -0.39 is 0 Å². The number of allylic oxidation sites excluding steroid dienone is 10. The average molecular weight is 425 g/mol. The predicted molar refractivity (Wildman–Crippen MR) is 144 cm³/mol. The fraction of sp³-hybridized carbons (Fsp3) is 0.613. The molecule has 0 radical (unpaired) electrons. The normalized spacial score (nSPS) is 16.6. The van der Waals surface area contributed by atoms with Crippen molar-refractivity contribution in [2.75, 3.05) is 0 Å². The van der Waals surface area contributed by atoms with Gasteiger partial charge < -0.3 is 0 Å². The minimum Gasteiger partial charge on any atom is -0.102 e. The fourth-order valence-corrected chi connectivity index (χ4v) is 3.44. The van der Waals surface area contributed by atoms with E-state index >= 15 is 0 Å². The van der Waals surface area contributed by atoms with Crippen LogP contribution < -0.4 is 0 Å². The third-order valence-corrected chi connectivity index (χ3v) is 6.47. The van der Waals surface area contributed by atoms with Crippen LogP contribution in [0.2, 0.25) is 0 Å². The third kappa shape index (κ3) is 15.8. The van der Waals surface area contributed by atoms with E-state index in [1.165, 1.54) is 60.8 Å². The molecule has 0 aromatic carbocycles. The Morgan fingerprint density at radius 2 is 1.45 bits per heavy atom. The van der Waals surface area contributed by atoms with Crippen LogP contribution >= 0.6 is 0 Å². The molecule has 0 bridgehead atoms. The molecule has 176 valence electrons. The Kier molecular flexibility index (Phi) is 15.3. The lowest BCUT2D eigenvalue weighted by molar-refractivity contribution is 0.498. The molecular weight excluding hydrogens is 372 g/mol. The van der Waals surface area contributed by atoms with Crippen LogP contribution in [-0.2, 0) is 0 Å². The SMILES string of the molecule is C=C[C@@](C)(/C=C/[C@H](C)CC/C=C(\C)CCC=C(C)C)CC/C=C(\C)CCC(C)C(=C)C. The summed E-state index contributed by atoms with van der Waals surface area (Å²) in [6.07, 6.45) is 23.4. The zero-order valence-electron chi connectivity index (χ0n) is 22.2. The summed E-state index contributed by atoms with van der Waals surface area (Å²) in [6.45, 7) is 26.1. The molecule has 0 heteroatoms. The van der Waals surface area contributed by atoms with Gasteiger partial charge in [-0.25, -0.2) is 0 Å². The topological polar surface area (TPSA) is 0 Å². The van der Waals surface area contributed by atoms with E-state index in [2.05, 4.69) is 105 Å². The van der Waals surface area contributed by atoms with Gasteiger partial charge in [0.25, 0.3) is 0 Å². The molecule has 0 spiro atoms. The van der Waals surface area contributed by atoms with E-state index in [-0.39, 0.29) is 5.41 Å². The molecule has 0 aromatic rings. The van der Waals surface area contributed by atoms with Gasteiger partial charge >= 0.3 is 0 Å². The summed E-state index contributed by atoms with van der Waals surface area (Å²) in [5.74, 6) is 1.21. The Labute approximate surface area is 196 Å². The van der Waals surface area contributed by atoms with Gasteiger partial charge in [0.2, 0.25) is 0 Å². The summed E-state index contributed by atoms with van der Waals surface area (Å²) in [4.78, 5) is 0. The Morgan fingerprint density at radius 3 is 2.03 bits per heavy atom. The van der Waals surface area contributed by atoms with Crippen molar-refractivity contribution in [1.82, 2.24) is 0 Å². The van der Waals surface area contributed by atoms with Crippen molar-refractivity contribution in [3.63, 3.8) is 0 Å². The van der Waals surface area contributed by atoms with Crippen LogP contribution in [0.15, 0.2) is 71.9 Å². The highest BCUT2D eigenvalue weighted by molar-refractivity contribution is 5.10. The molecule has 0 rings (SSSR count). The zero-order chi connectivity index (χ0) is 23.9. The molecule has 0 aliphatic rings. The first-order chi connectivity index (χ1) is 14.5. The van der Waals surface area contributed by atoms with E-state index in [0.29, 0.717) is 11.8 Å². The van der Waals surface area contributed by atoms with Crippen molar-refractivity contribution in [2.45, 2.75) is 107 Å². The van der Waals surface area contributed by atoms with Crippen LogP contribution in [-0.4, -0.2) is 0 Å². The summed E-state index contributed by atoms with van der Waals surface area (Å²) < 4.78 is 0. The molecule has 0 saturated carbocycles. The minimum absolute atomic E-state index is 0.0755. The summed E-state index contributed by atoms with van der Waals surface area (Å²) in [5, 5.41) is 0. The van der Waals surface area contributed by atoms with Crippen molar-refractivity contribution in [1.29, 1.82) is 0 Å². The van der Waals surface area contributed by atoms with E-state index in [0.717, 1.165) is 12.8 Å². The molecule has 31 heavy (non-hydrogen) atoms.